The van der Waals surface area contributed by atoms with Gasteiger partial charge in [-0.3, -0.25) is 9.78 Å². The zero-order valence-corrected chi connectivity index (χ0v) is 20.1. The molecule has 1 saturated heterocycles. The Morgan fingerprint density at radius 2 is 1.88 bits per heavy atom. The predicted molar refractivity (Wildman–Crippen MR) is 133 cm³/mol. The van der Waals surface area contributed by atoms with Crippen molar-refractivity contribution < 1.29 is 4.79 Å². The number of thioether (sulfide) groups is 1. The van der Waals surface area contributed by atoms with Gasteiger partial charge in [0.25, 0.3) is 5.91 Å². The maximum Gasteiger partial charge on any atom is 0.251 e. The van der Waals surface area contributed by atoms with Crippen LogP contribution in [-0.2, 0) is 12.3 Å². The number of nitrogens with one attached hydrogen (secondary N) is 1. The lowest BCUT2D eigenvalue weighted by Gasteiger charge is -2.34. The standard InChI is InChI=1S/C24H27ClN6OS/c1-2-30-11-13-31(14-12-30)22-15-21(25)28-24(29-22)33-17-18-6-8-19(9-7-18)23(32)27-16-20-5-3-4-10-26-20/h3-10,15H,2,11-14,16-17H2,1H3,(H,27,32). The molecule has 3 aromatic rings. The number of anilines is 1. The van der Waals surface area contributed by atoms with Gasteiger partial charge in [0.15, 0.2) is 5.16 Å². The number of pyridine rings is 1. The number of aromatic nitrogens is 3. The number of amides is 1. The highest BCUT2D eigenvalue weighted by atomic mass is 35.5. The summed E-state index contributed by atoms with van der Waals surface area (Å²) in [5, 5.41) is 4.01. The molecule has 2 aromatic heterocycles. The maximum absolute atomic E-state index is 12.4. The fraction of sp³-hybridized carbons (Fsp3) is 0.333. The van der Waals surface area contributed by atoms with Crippen molar-refractivity contribution in [1.82, 2.24) is 25.2 Å². The van der Waals surface area contributed by atoms with Crippen LogP contribution < -0.4 is 10.2 Å². The van der Waals surface area contributed by atoms with E-state index in [9.17, 15) is 4.79 Å². The van der Waals surface area contributed by atoms with Gasteiger partial charge in [-0.05, 0) is 36.4 Å². The van der Waals surface area contributed by atoms with Crippen molar-refractivity contribution in [2.45, 2.75) is 24.4 Å². The molecule has 9 heteroatoms. The third-order valence-electron chi connectivity index (χ3n) is 5.54. The van der Waals surface area contributed by atoms with Crippen LogP contribution in [0.1, 0.15) is 28.5 Å². The minimum absolute atomic E-state index is 0.120. The van der Waals surface area contributed by atoms with E-state index in [1.54, 1.807) is 18.0 Å². The van der Waals surface area contributed by atoms with Crippen molar-refractivity contribution in [1.29, 1.82) is 0 Å². The molecule has 1 amide bonds. The Morgan fingerprint density at radius 1 is 1.09 bits per heavy atom. The summed E-state index contributed by atoms with van der Waals surface area (Å²) in [5.74, 6) is 1.46. The summed E-state index contributed by atoms with van der Waals surface area (Å²) < 4.78 is 0. The van der Waals surface area contributed by atoms with Crippen molar-refractivity contribution in [2.75, 3.05) is 37.6 Å². The highest BCUT2D eigenvalue weighted by Gasteiger charge is 2.18. The first-order valence-electron chi connectivity index (χ1n) is 11.0. The molecule has 3 heterocycles. The summed E-state index contributed by atoms with van der Waals surface area (Å²) in [6.07, 6.45) is 1.72. The van der Waals surface area contributed by atoms with Crippen molar-refractivity contribution in [3.8, 4) is 0 Å². The zero-order valence-electron chi connectivity index (χ0n) is 18.6. The van der Waals surface area contributed by atoms with E-state index < -0.39 is 0 Å². The van der Waals surface area contributed by atoms with Crippen molar-refractivity contribution in [3.05, 3.63) is 76.7 Å². The van der Waals surface area contributed by atoms with Gasteiger partial charge in [0, 0.05) is 49.8 Å². The summed E-state index contributed by atoms with van der Waals surface area (Å²) in [4.78, 5) is 30.4. The number of rotatable bonds is 8. The predicted octanol–water partition coefficient (Wildman–Crippen LogP) is 3.89. The number of carbonyl (C=O) groups is 1. The third kappa shape index (κ3) is 6.66. The molecule has 1 fully saturated rings. The largest absolute Gasteiger partial charge is 0.354 e. The highest BCUT2D eigenvalue weighted by Crippen LogP contribution is 2.25. The number of hydrogen-bond acceptors (Lipinski definition) is 7. The number of nitrogens with zero attached hydrogens (tertiary/aromatic N) is 5. The van der Waals surface area contributed by atoms with Crippen LogP contribution in [0.3, 0.4) is 0 Å². The molecule has 0 saturated carbocycles. The van der Waals surface area contributed by atoms with Crippen LogP contribution >= 0.6 is 23.4 Å². The lowest BCUT2D eigenvalue weighted by molar-refractivity contribution is 0.0950. The van der Waals surface area contributed by atoms with Gasteiger partial charge >= 0.3 is 0 Å². The van der Waals surface area contributed by atoms with E-state index in [1.165, 1.54) is 0 Å². The number of halogens is 1. The van der Waals surface area contributed by atoms with Gasteiger partial charge in [-0.1, -0.05) is 48.5 Å². The van der Waals surface area contributed by atoms with E-state index in [0.717, 1.165) is 49.8 Å². The van der Waals surface area contributed by atoms with Gasteiger partial charge < -0.3 is 15.1 Å². The molecule has 1 aliphatic rings. The normalized spacial score (nSPS) is 14.3. The Hall–Kier alpha value is -2.68. The van der Waals surface area contributed by atoms with Crippen LogP contribution in [0.4, 0.5) is 5.82 Å². The van der Waals surface area contributed by atoms with E-state index >= 15 is 0 Å². The average molecular weight is 483 g/mol. The summed E-state index contributed by atoms with van der Waals surface area (Å²) >= 11 is 7.83. The summed E-state index contributed by atoms with van der Waals surface area (Å²) in [5.41, 5.74) is 2.53. The molecule has 1 aliphatic heterocycles. The molecule has 1 aromatic carbocycles. The minimum Gasteiger partial charge on any atom is -0.354 e. The summed E-state index contributed by atoms with van der Waals surface area (Å²) in [6.45, 7) is 7.60. The molecule has 0 radical (unpaired) electrons. The minimum atomic E-state index is -0.120. The van der Waals surface area contributed by atoms with Crippen LogP contribution in [0.2, 0.25) is 5.15 Å². The topological polar surface area (TPSA) is 74.2 Å². The molecule has 0 bridgehead atoms. The molecule has 0 atom stereocenters. The second kappa shape index (κ2) is 11.4. The molecule has 7 nitrogen and oxygen atoms in total. The molecule has 4 rings (SSSR count). The van der Waals surface area contributed by atoms with Gasteiger partial charge in [0.2, 0.25) is 0 Å². The number of carbonyl (C=O) groups excluding carboxylic acids is 1. The molecular formula is C24H27ClN6OS. The number of piperazine rings is 1. The fourth-order valence-corrected chi connectivity index (χ4v) is 4.62. The Bertz CT molecular complexity index is 1060. The second-order valence-corrected chi connectivity index (χ2v) is 9.07. The maximum atomic E-state index is 12.4. The summed E-state index contributed by atoms with van der Waals surface area (Å²) in [6, 6.07) is 15.1. The Labute approximate surface area is 203 Å². The smallest absolute Gasteiger partial charge is 0.251 e. The van der Waals surface area contributed by atoms with Crippen molar-refractivity contribution >= 4 is 35.1 Å². The monoisotopic (exact) mass is 482 g/mol. The van der Waals surface area contributed by atoms with Crippen LogP contribution in [0.25, 0.3) is 0 Å². The lowest BCUT2D eigenvalue weighted by Crippen LogP contribution is -2.46. The van der Waals surface area contributed by atoms with E-state index in [0.29, 0.717) is 28.2 Å². The average Bonchev–Trinajstić information content (AvgIpc) is 2.86. The fourth-order valence-electron chi connectivity index (χ4n) is 3.58. The Balaban J connectivity index is 1.31. The SMILES string of the molecule is CCN1CCN(c2cc(Cl)nc(SCc3ccc(C(=O)NCc4ccccn4)cc3)n2)CC1. The molecule has 33 heavy (non-hydrogen) atoms. The Kier molecular flexibility index (Phi) is 8.15. The Morgan fingerprint density at radius 3 is 2.58 bits per heavy atom. The first kappa shape index (κ1) is 23.5. The van der Waals surface area contributed by atoms with E-state index in [4.69, 9.17) is 16.6 Å². The molecule has 0 aliphatic carbocycles. The van der Waals surface area contributed by atoms with Crippen LogP contribution in [0, 0.1) is 0 Å². The van der Waals surface area contributed by atoms with Crippen LogP contribution in [-0.4, -0.2) is 58.5 Å². The first-order valence-corrected chi connectivity index (χ1v) is 12.4. The van der Waals surface area contributed by atoms with E-state index in [-0.39, 0.29) is 5.91 Å². The van der Waals surface area contributed by atoms with E-state index in [1.807, 2.05) is 48.5 Å². The number of benzene rings is 1. The van der Waals surface area contributed by atoms with Gasteiger partial charge in [-0.15, -0.1) is 0 Å². The highest BCUT2D eigenvalue weighted by molar-refractivity contribution is 7.98. The summed E-state index contributed by atoms with van der Waals surface area (Å²) in [7, 11) is 0. The van der Waals surface area contributed by atoms with Crippen LogP contribution in [0.15, 0.2) is 59.9 Å². The zero-order chi connectivity index (χ0) is 23.0. The number of hydrogen-bond donors (Lipinski definition) is 1. The molecule has 1 N–H and O–H groups in total. The van der Waals surface area contributed by atoms with Crippen molar-refractivity contribution in [3.63, 3.8) is 0 Å². The van der Waals surface area contributed by atoms with Gasteiger partial charge in [-0.25, -0.2) is 9.97 Å². The first-order chi connectivity index (χ1) is 16.1. The quantitative estimate of drug-likeness (QED) is 0.296. The molecule has 172 valence electrons. The molecule has 0 spiro atoms. The van der Waals surface area contributed by atoms with Crippen LogP contribution in [0.5, 0.6) is 0 Å². The van der Waals surface area contributed by atoms with Gasteiger partial charge in [-0.2, -0.15) is 0 Å². The molecule has 0 unspecified atom stereocenters. The second-order valence-electron chi connectivity index (χ2n) is 7.74. The third-order valence-corrected chi connectivity index (χ3v) is 6.66. The van der Waals surface area contributed by atoms with Gasteiger partial charge in [0.1, 0.15) is 11.0 Å². The van der Waals surface area contributed by atoms with Gasteiger partial charge in [0.05, 0.1) is 12.2 Å². The van der Waals surface area contributed by atoms with Crippen molar-refractivity contribution in [2.24, 2.45) is 0 Å². The van der Waals surface area contributed by atoms with E-state index in [2.05, 4.69) is 32.0 Å². The lowest BCUT2D eigenvalue weighted by atomic mass is 10.1. The molecular weight excluding hydrogens is 456 g/mol. The number of likely N-dealkylation sites (N-methyl/N-ethyl adjacent to an activating group) is 1.